The Morgan fingerprint density at radius 1 is 1.04 bits per heavy atom. The average molecular weight is 311 g/mol. The lowest BCUT2D eigenvalue weighted by atomic mass is 9.84. The fourth-order valence-electron chi connectivity index (χ4n) is 3.42. The van der Waals surface area contributed by atoms with E-state index in [9.17, 15) is 0 Å². The molecular formula is C21H29NO. The number of nitrogens with zero attached hydrogens (tertiary/aromatic N) is 1. The van der Waals surface area contributed by atoms with Crippen LogP contribution >= 0.6 is 0 Å². The maximum Gasteiger partial charge on any atom is 0.119 e. The standard InChI is InChI=1S/C21H29NO/c1-5-21(19-12-9-13-20(14-19)23-4)17(2)15-22(3)16-18-10-7-6-8-11-18/h6-14,17,21H,5,15-16H2,1-4H3/t17-,21+/m0/s1. The summed E-state index contributed by atoms with van der Waals surface area (Å²) in [6.45, 7) is 6.72. The van der Waals surface area contributed by atoms with Gasteiger partial charge in [-0.2, -0.15) is 0 Å². The van der Waals surface area contributed by atoms with Crippen LogP contribution in [-0.2, 0) is 6.54 Å². The quantitative estimate of drug-likeness (QED) is 0.683. The molecule has 0 bridgehead atoms. The number of hydrogen-bond donors (Lipinski definition) is 0. The zero-order valence-electron chi connectivity index (χ0n) is 14.8. The van der Waals surface area contributed by atoms with Crippen LogP contribution in [0.3, 0.4) is 0 Å². The number of benzene rings is 2. The van der Waals surface area contributed by atoms with E-state index >= 15 is 0 Å². The van der Waals surface area contributed by atoms with Crippen LogP contribution in [0.1, 0.15) is 37.3 Å². The molecule has 2 atom stereocenters. The highest BCUT2D eigenvalue weighted by Crippen LogP contribution is 2.30. The summed E-state index contributed by atoms with van der Waals surface area (Å²) < 4.78 is 5.38. The van der Waals surface area contributed by atoms with Crippen LogP contribution in [0.5, 0.6) is 5.75 Å². The van der Waals surface area contributed by atoms with Crippen LogP contribution in [0.15, 0.2) is 54.6 Å². The summed E-state index contributed by atoms with van der Waals surface area (Å²) >= 11 is 0. The van der Waals surface area contributed by atoms with Crippen molar-refractivity contribution in [3.05, 3.63) is 65.7 Å². The fourth-order valence-corrected chi connectivity index (χ4v) is 3.42. The van der Waals surface area contributed by atoms with Gasteiger partial charge in [0.1, 0.15) is 5.75 Å². The highest BCUT2D eigenvalue weighted by Gasteiger charge is 2.19. The third-order valence-electron chi connectivity index (χ3n) is 4.54. The van der Waals surface area contributed by atoms with Gasteiger partial charge < -0.3 is 9.64 Å². The second-order valence-electron chi connectivity index (χ2n) is 6.45. The molecule has 2 aromatic rings. The predicted molar refractivity (Wildman–Crippen MR) is 98.0 cm³/mol. The molecule has 0 aliphatic rings. The van der Waals surface area contributed by atoms with Gasteiger partial charge in [0.05, 0.1) is 7.11 Å². The van der Waals surface area contributed by atoms with Crippen molar-refractivity contribution >= 4 is 0 Å². The van der Waals surface area contributed by atoms with Crippen LogP contribution in [0.2, 0.25) is 0 Å². The van der Waals surface area contributed by atoms with Crippen molar-refractivity contribution in [2.45, 2.75) is 32.7 Å². The Balaban J connectivity index is 2.00. The maximum absolute atomic E-state index is 5.38. The predicted octanol–water partition coefficient (Wildman–Crippen LogP) is 4.96. The second kappa shape index (κ2) is 8.73. The fraction of sp³-hybridized carbons (Fsp3) is 0.429. The number of hydrogen-bond acceptors (Lipinski definition) is 2. The Morgan fingerprint density at radius 3 is 2.43 bits per heavy atom. The molecular weight excluding hydrogens is 282 g/mol. The lowest BCUT2D eigenvalue weighted by Crippen LogP contribution is -2.27. The van der Waals surface area contributed by atoms with Crippen LogP contribution in [0, 0.1) is 5.92 Å². The van der Waals surface area contributed by atoms with E-state index in [1.165, 1.54) is 11.1 Å². The van der Waals surface area contributed by atoms with E-state index in [2.05, 4.69) is 74.3 Å². The van der Waals surface area contributed by atoms with Gasteiger partial charge in [0.2, 0.25) is 0 Å². The van der Waals surface area contributed by atoms with Crippen molar-refractivity contribution < 1.29 is 4.74 Å². The van der Waals surface area contributed by atoms with Crippen LogP contribution in [-0.4, -0.2) is 25.6 Å². The van der Waals surface area contributed by atoms with Gasteiger partial charge in [0, 0.05) is 13.1 Å². The van der Waals surface area contributed by atoms with E-state index in [4.69, 9.17) is 4.74 Å². The van der Waals surface area contributed by atoms with Crippen LogP contribution in [0.25, 0.3) is 0 Å². The molecule has 23 heavy (non-hydrogen) atoms. The van der Waals surface area contributed by atoms with Crippen molar-refractivity contribution in [1.82, 2.24) is 4.90 Å². The summed E-state index contributed by atoms with van der Waals surface area (Å²) in [5.41, 5.74) is 2.75. The van der Waals surface area contributed by atoms with Gasteiger partial charge in [-0.05, 0) is 48.6 Å². The molecule has 0 N–H and O–H groups in total. The molecule has 0 fully saturated rings. The molecule has 0 unspecified atom stereocenters. The van der Waals surface area contributed by atoms with Gasteiger partial charge >= 0.3 is 0 Å². The first-order valence-corrected chi connectivity index (χ1v) is 8.50. The molecule has 0 amide bonds. The summed E-state index contributed by atoms with van der Waals surface area (Å²) in [4.78, 5) is 2.42. The highest BCUT2D eigenvalue weighted by molar-refractivity contribution is 5.31. The van der Waals surface area contributed by atoms with Crippen molar-refractivity contribution in [3.8, 4) is 5.75 Å². The molecule has 0 saturated carbocycles. The first-order chi connectivity index (χ1) is 11.1. The number of ether oxygens (including phenoxy) is 1. The Hall–Kier alpha value is -1.80. The minimum Gasteiger partial charge on any atom is -0.497 e. The molecule has 2 rings (SSSR count). The van der Waals surface area contributed by atoms with Gasteiger partial charge in [0.25, 0.3) is 0 Å². The minimum atomic E-state index is 0.559. The smallest absolute Gasteiger partial charge is 0.119 e. The molecule has 2 aromatic carbocycles. The number of methoxy groups -OCH3 is 1. The van der Waals surface area contributed by atoms with Crippen LogP contribution < -0.4 is 4.74 Å². The third-order valence-corrected chi connectivity index (χ3v) is 4.54. The molecule has 2 heteroatoms. The zero-order valence-corrected chi connectivity index (χ0v) is 14.8. The Bertz CT molecular complexity index is 581. The molecule has 0 spiro atoms. The highest BCUT2D eigenvalue weighted by atomic mass is 16.5. The Kier molecular flexibility index (Phi) is 6.66. The van der Waals surface area contributed by atoms with E-state index in [-0.39, 0.29) is 0 Å². The SMILES string of the molecule is CC[C@@H](c1cccc(OC)c1)[C@@H](C)CN(C)Cc1ccccc1. The van der Waals surface area contributed by atoms with Crippen molar-refractivity contribution in [2.75, 3.05) is 20.7 Å². The van der Waals surface area contributed by atoms with Gasteiger partial charge in [-0.1, -0.05) is 56.3 Å². The van der Waals surface area contributed by atoms with E-state index in [1.54, 1.807) is 7.11 Å². The van der Waals surface area contributed by atoms with E-state index < -0.39 is 0 Å². The van der Waals surface area contributed by atoms with Crippen molar-refractivity contribution in [3.63, 3.8) is 0 Å². The van der Waals surface area contributed by atoms with Gasteiger partial charge in [-0.15, -0.1) is 0 Å². The molecule has 0 radical (unpaired) electrons. The first-order valence-electron chi connectivity index (χ1n) is 8.50. The molecule has 0 heterocycles. The molecule has 124 valence electrons. The summed E-state index contributed by atoms with van der Waals surface area (Å²) in [5.74, 6) is 2.11. The normalized spacial score (nSPS) is 13.8. The van der Waals surface area contributed by atoms with E-state index in [0.29, 0.717) is 11.8 Å². The Morgan fingerprint density at radius 2 is 1.78 bits per heavy atom. The van der Waals surface area contributed by atoms with E-state index in [1.807, 2.05) is 6.07 Å². The van der Waals surface area contributed by atoms with Gasteiger partial charge in [-0.3, -0.25) is 0 Å². The average Bonchev–Trinajstić information content (AvgIpc) is 2.56. The lowest BCUT2D eigenvalue weighted by molar-refractivity contribution is 0.254. The monoisotopic (exact) mass is 311 g/mol. The zero-order chi connectivity index (χ0) is 16.7. The summed E-state index contributed by atoms with van der Waals surface area (Å²) in [5, 5.41) is 0. The molecule has 0 aromatic heterocycles. The molecule has 0 saturated heterocycles. The number of rotatable bonds is 8. The second-order valence-corrected chi connectivity index (χ2v) is 6.45. The summed E-state index contributed by atoms with van der Waals surface area (Å²) in [6.07, 6.45) is 1.15. The maximum atomic E-state index is 5.38. The topological polar surface area (TPSA) is 12.5 Å². The van der Waals surface area contributed by atoms with Crippen molar-refractivity contribution in [1.29, 1.82) is 0 Å². The van der Waals surface area contributed by atoms with Crippen LogP contribution in [0.4, 0.5) is 0 Å². The largest absolute Gasteiger partial charge is 0.497 e. The third kappa shape index (κ3) is 5.11. The van der Waals surface area contributed by atoms with E-state index in [0.717, 1.165) is 25.3 Å². The summed E-state index contributed by atoms with van der Waals surface area (Å²) in [7, 11) is 3.94. The lowest BCUT2D eigenvalue weighted by Gasteiger charge is -2.28. The van der Waals surface area contributed by atoms with Gasteiger partial charge in [-0.25, -0.2) is 0 Å². The van der Waals surface area contributed by atoms with Gasteiger partial charge in [0.15, 0.2) is 0 Å². The summed E-state index contributed by atoms with van der Waals surface area (Å²) in [6, 6.07) is 19.2. The first kappa shape index (κ1) is 17.6. The van der Waals surface area contributed by atoms with Crippen molar-refractivity contribution in [2.24, 2.45) is 5.92 Å². The minimum absolute atomic E-state index is 0.559. The Labute approximate surface area is 141 Å². The molecule has 2 nitrogen and oxygen atoms in total. The molecule has 0 aliphatic carbocycles. The molecule has 0 aliphatic heterocycles.